The van der Waals surface area contributed by atoms with Crippen molar-refractivity contribution in [3.8, 4) is 0 Å². The van der Waals surface area contributed by atoms with Gasteiger partial charge in [0.1, 0.15) is 18.4 Å². The molecule has 6 nitrogen and oxygen atoms in total. The summed E-state index contributed by atoms with van der Waals surface area (Å²) < 4.78 is 0. The monoisotopic (exact) mass is 486 g/mol. The smallest absolute Gasteiger partial charge is 0.326 e. The van der Waals surface area contributed by atoms with Crippen LogP contribution in [0.2, 0.25) is 5.02 Å². The topological polar surface area (TPSA) is 65.0 Å². The molecule has 0 bridgehead atoms. The molecule has 1 N–H and O–H groups in total. The van der Waals surface area contributed by atoms with Gasteiger partial charge in [-0.25, -0.2) is 4.79 Å². The zero-order valence-electron chi connectivity index (χ0n) is 19.7. The van der Waals surface area contributed by atoms with Gasteiger partial charge >= 0.3 is 6.03 Å². The Kier molecular flexibility index (Phi) is 6.31. The van der Waals surface area contributed by atoms with E-state index in [-0.39, 0.29) is 30.6 Å². The molecule has 7 heteroatoms. The fourth-order valence-corrected chi connectivity index (χ4v) is 4.84. The van der Waals surface area contributed by atoms with E-state index >= 15 is 0 Å². The summed E-state index contributed by atoms with van der Waals surface area (Å²) in [5.41, 5.74) is 5.04. The van der Waals surface area contributed by atoms with Crippen molar-refractivity contribution in [1.82, 2.24) is 15.1 Å². The van der Waals surface area contributed by atoms with E-state index < -0.39 is 0 Å². The number of carbonyl (C=O) groups is 2. The van der Waals surface area contributed by atoms with Gasteiger partial charge in [-0.1, -0.05) is 77.3 Å². The lowest BCUT2D eigenvalue weighted by atomic mass is 9.93. The van der Waals surface area contributed by atoms with E-state index in [1.807, 2.05) is 62.4 Å². The standard InChI is InChI=1S/C28H27ClN4O2/c1-18-6-8-21(9-7-18)26-25(20-10-12-23(29)13-11-20)31-27(22-5-3-4-19(2)16-22)33(26)28(35)32-15-14-30-24(34)17-32/h3-13,16,25-26H,14-15,17H2,1-2H3,(H,30,34). The molecule has 2 atom stereocenters. The summed E-state index contributed by atoms with van der Waals surface area (Å²) in [6, 6.07) is 22.9. The number of aryl methyl sites for hydroxylation is 2. The Bertz CT molecular complexity index is 1290. The molecule has 2 aliphatic heterocycles. The maximum atomic E-state index is 14.1. The van der Waals surface area contributed by atoms with Crippen LogP contribution in [0.25, 0.3) is 0 Å². The van der Waals surface area contributed by atoms with Crippen molar-refractivity contribution < 1.29 is 9.59 Å². The van der Waals surface area contributed by atoms with Crippen molar-refractivity contribution in [1.29, 1.82) is 0 Å². The fourth-order valence-electron chi connectivity index (χ4n) is 4.71. The number of aliphatic imine (C=N–C) groups is 1. The van der Waals surface area contributed by atoms with Gasteiger partial charge in [0.2, 0.25) is 5.91 Å². The summed E-state index contributed by atoms with van der Waals surface area (Å²) in [7, 11) is 0. The number of benzene rings is 3. The number of nitrogens with one attached hydrogen (secondary N) is 1. The summed E-state index contributed by atoms with van der Waals surface area (Å²) in [4.78, 5) is 34.7. The van der Waals surface area contributed by atoms with Crippen molar-refractivity contribution >= 4 is 29.4 Å². The number of piperazine rings is 1. The van der Waals surface area contributed by atoms with Gasteiger partial charge in [-0.2, -0.15) is 0 Å². The molecule has 1 fully saturated rings. The van der Waals surface area contributed by atoms with Crippen molar-refractivity contribution in [2.45, 2.75) is 25.9 Å². The zero-order chi connectivity index (χ0) is 24.5. The van der Waals surface area contributed by atoms with Gasteiger partial charge in [0, 0.05) is 23.7 Å². The Morgan fingerprint density at radius 1 is 0.971 bits per heavy atom. The SMILES string of the molecule is Cc1ccc(C2C(c3ccc(Cl)cc3)N=C(c3cccc(C)c3)N2C(=O)N2CCNC(=O)C2)cc1. The number of hydrogen-bond donors (Lipinski definition) is 1. The van der Waals surface area contributed by atoms with Crippen LogP contribution in [0.5, 0.6) is 0 Å². The third-order valence-electron chi connectivity index (χ3n) is 6.49. The largest absolute Gasteiger partial charge is 0.353 e. The molecule has 2 heterocycles. The van der Waals surface area contributed by atoms with Gasteiger partial charge in [0.05, 0.1) is 6.04 Å². The molecule has 1 saturated heterocycles. The third-order valence-corrected chi connectivity index (χ3v) is 6.74. The van der Waals surface area contributed by atoms with E-state index in [4.69, 9.17) is 16.6 Å². The van der Waals surface area contributed by atoms with E-state index in [0.717, 1.165) is 27.8 Å². The van der Waals surface area contributed by atoms with Crippen LogP contribution >= 0.6 is 11.6 Å². The summed E-state index contributed by atoms with van der Waals surface area (Å²) >= 11 is 6.18. The summed E-state index contributed by atoms with van der Waals surface area (Å²) in [6.07, 6.45) is 0. The molecule has 5 rings (SSSR count). The summed E-state index contributed by atoms with van der Waals surface area (Å²) in [6.45, 7) is 4.98. The van der Waals surface area contributed by atoms with E-state index in [9.17, 15) is 9.59 Å². The van der Waals surface area contributed by atoms with Crippen molar-refractivity contribution in [2.75, 3.05) is 19.6 Å². The van der Waals surface area contributed by atoms with Crippen LogP contribution in [-0.2, 0) is 4.79 Å². The van der Waals surface area contributed by atoms with Gasteiger partial charge in [0.15, 0.2) is 0 Å². The van der Waals surface area contributed by atoms with E-state index in [1.54, 1.807) is 9.80 Å². The lowest BCUT2D eigenvalue weighted by Crippen LogP contribution is -2.55. The van der Waals surface area contributed by atoms with Gasteiger partial charge in [-0.3, -0.25) is 14.7 Å². The van der Waals surface area contributed by atoms with Crippen LogP contribution in [-0.4, -0.2) is 47.2 Å². The minimum absolute atomic E-state index is 0.0304. The third kappa shape index (κ3) is 4.66. The molecule has 0 saturated carbocycles. The Hall–Kier alpha value is -3.64. The number of carbonyl (C=O) groups excluding carboxylic acids is 2. The number of urea groups is 1. The Morgan fingerprint density at radius 3 is 2.37 bits per heavy atom. The summed E-state index contributed by atoms with van der Waals surface area (Å²) in [5.74, 6) is 0.453. The lowest BCUT2D eigenvalue weighted by Gasteiger charge is -2.35. The predicted octanol–water partition coefficient (Wildman–Crippen LogP) is 5.05. The van der Waals surface area contributed by atoms with E-state index in [1.165, 1.54) is 0 Å². The van der Waals surface area contributed by atoms with Crippen LogP contribution in [0.4, 0.5) is 4.79 Å². The first-order chi connectivity index (χ1) is 16.9. The van der Waals surface area contributed by atoms with Crippen LogP contribution in [0, 0.1) is 13.8 Å². The Morgan fingerprint density at radius 2 is 1.69 bits per heavy atom. The maximum Gasteiger partial charge on any atom is 0.326 e. The number of amides is 3. The highest BCUT2D eigenvalue weighted by molar-refractivity contribution is 6.30. The molecule has 3 aromatic rings. The first-order valence-electron chi connectivity index (χ1n) is 11.7. The molecule has 0 aliphatic carbocycles. The van der Waals surface area contributed by atoms with Crippen LogP contribution in [0.1, 0.15) is 39.9 Å². The highest BCUT2D eigenvalue weighted by atomic mass is 35.5. The highest BCUT2D eigenvalue weighted by Gasteiger charge is 2.44. The van der Waals surface area contributed by atoms with E-state index in [2.05, 4.69) is 29.6 Å². The van der Waals surface area contributed by atoms with Gasteiger partial charge in [0.25, 0.3) is 0 Å². The Balaban J connectivity index is 1.66. The normalized spacial score (nSPS) is 20.0. The number of nitrogens with zero attached hydrogens (tertiary/aromatic N) is 3. The van der Waals surface area contributed by atoms with Crippen molar-refractivity contribution in [3.63, 3.8) is 0 Å². The molecule has 0 spiro atoms. The van der Waals surface area contributed by atoms with Crippen molar-refractivity contribution in [2.24, 2.45) is 4.99 Å². The second-order valence-electron chi connectivity index (χ2n) is 9.10. The van der Waals surface area contributed by atoms with Crippen LogP contribution < -0.4 is 5.32 Å². The first-order valence-corrected chi connectivity index (χ1v) is 12.1. The highest BCUT2D eigenvalue weighted by Crippen LogP contribution is 2.44. The lowest BCUT2D eigenvalue weighted by molar-refractivity contribution is -0.123. The average molecular weight is 487 g/mol. The molecule has 2 aliphatic rings. The zero-order valence-corrected chi connectivity index (χ0v) is 20.5. The first kappa shape index (κ1) is 23.1. The summed E-state index contributed by atoms with van der Waals surface area (Å²) in [5, 5.41) is 3.45. The van der Waals surface area contributed by atoms with Gasteiger partial charge in [-0.05, 0) is 43.2 Å². The van der Waals surface area contributed by atoms with Gasteiger partial charge in [-0.15, -0.1) is 0 Å². The molecule has 0 aromatic heterocycles. The maximum absolute atomic E-state index is 14.1. The Labute approximate surface area is 210 Å². The molecule has 3 amide bonds. The average Bonchev–Trinajstić information content (AvgIpc) is 3.25. The second-order valence-corrected chi connectivity index (χ2v) is 9.53. The molecule has 178 valence electrons. The number of rotatable bonds is 3. The van der Waals surface area contributed by atoms with Crippen molar-refractivity contribution in [3.05, 3.63) is 106 Å². The number of amidine groups is 1. The predicted molar refractivity (Wildman–Crippen MR) is 138 cm³/mol. The number of halogens is 1. The molecular weight excluding hydrogens is 460 g/mol. The molecule has 35 heavy (non-hydrogen) atoms. The van der Waals surface area contributed by atoms with Gasteiger partial charge < -0.3 is 10.2 Å². The number of hydrogen-bond acceptors (Lipinski definition) is 3. The molecular formula is C28H27ClN4O2. The van der Waals surface area contributed by atoms with Crippen LogP contribution in [0.3, 0.4) is 0 Å². The minimum atomic E-state index is -0.371. The molecule has 2 unspecified atom stereocenters. The van der Waals surface area contributed by atoms with E-state index in [0.29, 0.717) is 23.9 Å². The fraction of sp³-hybridized carbons (Fsp3) is 0.250. The van der Waals surface area contributed by atoms with Crippen LogP contribution in [0.15, 0.2) is 77.8 Å². The minimum Gasteiger partial charge on any atom is -0.353 e. The molecule has 3 aromatic carbocycles. The quantitative estimate of drug-likeness (QED) is 0.562. The second kappa shape index (κ2) is 9.55. The molecule has 0 radical (unpaired) electrons.